The summed E-state index contributed by atoms with van der Waals surface area (Å²) in [4.78, 5) is 28.1. The summed E-state index contributed by atoms with van der Waals surface area (Å²) in [6.45, 7) is 0. The first-order chi connectivity index (χ1) is 15.4. The zero-order chi connectivity index (χ0) is 22.7. The number of halogens is 1. The molecule has 0 fully saturated rings. The van der Waals surface area contributed by atoms with Crippen LogP contribution in [-0.2, 0) is 13.5 Å². The van der Waals surface area contributed by atoms with Crippen molar-refractivity contribution >= 4 is 23.4 Å². The first-order valence-corrected chi connectivity index (χ1v) is 10.1. The number of nitrogens with zero attached hydrogens (tertiary/aromatic N) is 4. The highest BCUT2D eigenvalue weighted by atomic mass is 35.5. The highest BCUT2D eigenvalue weighted by molar-refractivity contribution is 6.31. The van der Waals surface area contributed by atoms with Gasteiger partial charge in [0.15, 0.2) is 5.95 Å². The quantitative estimate of drug-likeness (QED) is 0.329. The van der Waals surface area contributed by atoms with Crippen LogP contribution in [-0.4, -0.2) is 25.4 Å². The Morgan fingerprint density at radius 1 is 1.16 bits per heavy atom. The highest BCUT2D eigenvalue weighted by Crippen LogP contribution is 2.27. The van der Waals surface area contributed by atoms with Gasteiger partial charge >= 0.3 is 0 Å². The molecule has 1 aromatic carbocycles. The Balaban J connectivity index is 1.93. The van der Waals surface area contributed by atoms with E-state index in [2.05, 4.69) is 19.9 Å². The molecule has 9 heteroatoms. The van der Waals surface area contributed by atoms with Gasteiger partial charge in [-0.15, -0.1) is 0 Å². The number of pyridine rings is 2. The largest absolute Gasteiger partial charge is 0.369 e. The number of amidine groups is 1. The number of H-pyrrole nitrogens is 1. The lowest BCUT2D eigenvalue weighted by Crippen LogP contribution is -2.21. The highest BCUT2D eigenvalue weighted by Gasteiger charge is 2.15. The molecule has 0 saturated carbocycles. The van der Waals surface area contributed by atoms with Crippen molar-refractivity contribution in [2.45, 2.75) is 6.42 Å². The van der Waals surface area contributed by atoms with E-state index in [1.165, 1.54) is 10.6 Å². The van der Waals surface area contributed by atoms with Crippen molar-refractivity contribution in [3.63, 3.8) is 0 Å². The molecule has 32 heavy (non-hydrogen) atoms. The number of aromatic nitrogens is 4. The van der Waals surface area contributed by atoms with Crippen LogP contribution in [0, 0.1) is 5.41 Å². The third kappa shape index (κ3) is 4.50. The molecule has 4 N–H and O–H groups in total. The zero-order valence-electron chi connectivity index (χ0n) is 17.2. The van der Waals surface area contributed by atoms with Gasteiger partial charge < -0.3 is 15.3 Å². The van der Waals surface area contributed by atoms with E-state index in [1.54, 1.807) is 37.6 Å². The second kappa shape index (κ2) is 8.99. The third-order valence-corrected chi connectivity index (χ3v) is 5.13. The summed E-state index contributed by atoms with van der Waals surface area (Å²) in [6.07, 6.45) is 3.46. The number of hydrogen-bond donors (Lipinski definition) is 3. The van der Waals surface area contributed by atoms with Gasteiger partial charge in [0, 0.05) is 36.6 Å². The number of nitrogens with two attached hydrogens (primary N) is 1. The molecule has 3 aromatic heterocycles. The van der Waals surface area contributed by atoms with Crippen LogP contribution in [0.2, 0.25) is 5.02 Å². The van der Waals surface area contributed by atoms with E-state index in [4.69, 9.17) is 22.7 Å². The van der Waals surface area contributed by atoms with Gasteiger partial charge in [0.25, 0.3) is 0 Å². The van der Waals surface area contributed by atoms with E-state index >= 15 is 0 Å². The molecule has 0 radical (unpaired) electrons. The molecule has 0 aliphatic carbocycles. The number of nitrogens with one attached hydrogen (secondary N) is 2. The van der Waals surface area contributed by atoms with Crippen LogP contribution in [0.25, 0.3) is 22.4 Å². The molecule has 0 unspecified atom stereocenters. The van der Waals surface area contributed by atoms with Gasteiger partial charge in [-0.2, -0.15) is 0 Å². The van der Waals surface area contributed by atoms with Crippen LogP contribution in [0.3, 0.4) is 0 Å². The number of rotatable bonds is 4. The second-order valence-electron chi connectivity index (χ2n) is 7.09. The molecule has 0 atom stereocenters. The normalized spacial score (nSPS) is 11.5. The minimum atomic E-state index is -0.140. The molecule has 0 spiro atoms. The molecule has 4 aromatic rings. The minimum Gasteiger partial charge on any atom is -0.369 e. The van der Waals surface area contributed by atoms with Crippen molar-refractivity contribution in [1.29, 1.82) is 5.41 Å². The van der Waals surface area contributed by atoms with Crippen LogP contribution in [0.5, 0.6) is 0 Å². The summed E-state index contributed by atoms with van der Waals surface area (Å²) in [5.74, 6) is 0.192. The number of benzene rings is 1. The summed E-state index contributed by atoms with van der Waals surface area (Å²) in [5, 5.41) is 8.91. The molecule has 0 amide bonds. The van der Waals surface area contributed by atoms with Crippen LogP contribution in [0.15, 0.2) is 76.8 Å². The summed E-state index contributed by atoms with van der Waals surface area (Å²) < 4.78 is 1.48. The summed E-state index contributed by atoms with van der Waals surface area (Å²) in [7, 11) is 1.67. The van der Waals surface area contributed by atoms with Crippen molar-refractivity contribution in [1.82, 2.24) is 19.5 Å². The topological polar surface area (TPSA) is 126 Å². The number of aromatic amines is 1. The first-order valence-electron chi connectivity index (χ1n) is 9.76. The molecule has 0 aliphatic heterocycles. The summed E-state index contributed by atoms with van der Waals surface area (Å²) >= 11 is 6.19. The van der Waals surface area contributed by atoms with Crippen molar-refractivity contribution in [3.8, 4) is 22.4 Å². The zero-order valence-corrected chi connectivity index (χ0v) is 18.0. The summed E-state index contributed by atoms with van der Waals surface area (Å²) in [5.41, 5.74) is 9.57. The maximum Gasteiger partial charge on any atom is 0.250 e. The Kier molecular flexibility index (Phi) is 5.96. The Hall–Kier alpha value is -4.04. The molecule has 0 saturated heterocycles. The van der Waals surface area contributed by atoms with Crippen molar-refractivity contribution in [2.75, 3.05) is 5.73 Å². The maximum absolute atomic E-state index is 12.0. The van der Waals surface area contributed by atoms with Crippen LogP contribution >= 0.6 is 11.6 Å². The van der Waals surface area contributed by atoms with Crippen molar-refractivity contribution < 1.29 is 0 Å². The third-order valence-electron chi connectivity index (χ3n) is 4.79. The number of hydrogen-bond acceptors (Lipinski definition) is 5. The number of nitrogen functional groups attached to an aromatic ring is 1. The van der Waals surface area contributed by atoms with E-state index < -0.39 is 0 Å². The standard InChI is InChI=1S/C23H20ClN7O/c1-31-13-15(9-10-19(31)32)20-21(14-6-3-2-4-7-14)29-23(26)30-22(20)28-18(25)12-17-16(24)8-5-11-27-17/h2-11,13H,12H2,1H3,(H4,25,26,28,29,30). The molecule has 160 valence electrons. The molecule has 3 heterocycles. The molecular formula is C23H20ClN7O. The van der Waals surface area contributed by atoms with Gasteiger partial charge in [-0.05, 0) is 18.2 Å². The predicted molar refractivity (Wildman–Crippen MR) is 125 cm³/mol. The lowest BCUT2D eigenvalue weighted by atomic mass is 10.0. The Bertz CT molecular complexity index is 1420. The monoisotopic (exact) mass is 445 g/mol. The number of anilines is 1. The van der Waals surface area contributed by atoms with E-state index in [0.29, 0.717) is 33.0 Å². The average molecular weight is 446 g/mol. The van der Waals surface area contributed by atoms with Crippen LogP contribution in [0.1, 0.15) is 5.69 Å². The minimum absolute atomic E-state index is 0.0394. The van der Waals surface area contributed by atoms with Gasteiger partial charge in [0.2, 0.25) is 5.56 Å². The molecular weight excluding hydrogens is 426 g/mol. The second-order valence-corrected chi connectivity index (χ2v) is 7.50. The van der Waals surface area contributed by atoms with Crippen LogP contribution < -0.4 is 16.8 Å². The molecule has 0 aliphatic rings. The fourth-order valence-electron chi connectivity index (χ4n) is 3.29. The van der Waals surface area contributed by atoms with Crippen molar-refractivity contribution in [3.05, 3.63) is 93.5 Å². The molecule has 4 rings (SSSR count). The van der Waals surface area contributed by atoms with E-state index in [0.717, 1.165) is 5.56 Å². The van der Waals surface area contributed by atoms with Gasteiger partial charge in [-0.3, -0.25) is 15.2 Å². The fraction of sp³-hybridized carbons (Fsp3) is 0.0870. The Labute approximate surface area is 188 Å². The fourth-order valence-corrected chi connectivity index (χ4v) is 3.47. The van der Waals surface area contributed by atoms with Gasteiger partial charge in [-0.1, -0.05) is 41.9 Å². The molecule has 0 bridgehead atoms. The van der Waals surface area contributed by atoms with Gasteiger partial charge in [0.05, 0.1) is 28.4 Å². The average Bonchev–Trinajstić information content (AvgIpc) is 2.77. The van der Waals surface area contributed by atoms with E-state index in [9.17, 15) is 4.79 Å². The van der Waals surface area contributed by atoms with Crippen molar-refractivity contribution in [2.24, 2.45) is 12.0 Å². The number of aryl methyl sites for hydroxylation is 1. The van der Waals surface area contributed by atoms with E-state index in [1.807, 2.05) is 30.3 Å². The summed E-state index contributed by atoms with van der Waals surface area (Å²) in [6, 6.07) is 16.2. The smallest absolute Gasteiger partial charge is 0.250 e. The van der Waals surface area contributed by atoms with E-state index in [-0.39, 0.29) is 23.8 Å². The van der Waals surface area contributed by atoms with Gasteiger partial charge in [0.1, 0.15) is 11.3 Å². The van der Waals surface area contributed by atoms with Crippen LogP contribution in [0.4, 0.5) is 5.95 Å². The lowest BCUT2D eigenvalue weighted by Gasteiger charge is -2.12. The maximum atomic E-state index is 12.0. The Morgan fingerprint density at radius 3 is 2.66 bits per heavy atom. The SMILES string of the molecule is Cn1cc(-c2c(-c3ccccc3)nc(N)[nH]/c2=N\C(=N)Cc2ncccc2Cl)ccc1=O. The lowest BCUT2D eigenvalue weighted by molar-refractivity contribution is 0.861. The van der Waals surface area contributed by atoms with Gasteiger partial charge in [-0.25, -0.2) is 9.98 Å². The predicted octanol–water partition coefficient (Wildman–Crippen LogP) is 3.19. The first kappa shape index (κ1) is 21.2. The molecule has 8 nitrogen and oxygen atoms in total. The Morgan fingerprint density at radius 2 is 1.94 bits per heavy atom.